The third-order valence-electron chi connectivity index (χ3n) is 6.22. The Labute approximate surface area is 212 Å². The second kappa shape index (κ2) is 30.8. The highest BCUT2D eigenvalue weighted by Crippen LogP contribution is 2.13. The first-order valence-electron chi connectivity index (χ1n) is 14.8. The molecule has 0 fully saturated rings. The van der Waals surface area contributed by atoms with E-state index < -0.39 is 0 Å². The lowest BCUT2D eigenvalue weighted by atomic mass is 10.1. The fourth-order valence-electron chi connectivity index (χ4n) is 4.01. The zero-order valence-corrected chi connectivity index (χ0v) is 23.3. The van der Waals surface area contributed by atoms with E-state index in [0.29, 0.717) is 6.61 Å². The maximum absolute atomic E-state index is 6.14. The van der Waals surface area contributed by atoms with Crippen LogP contribution in [0.2, 0.25) is 0 Å². The molecule has 0 aliphatic heterocycles. The molecule has 0 aliphatic rings. The predicted molar refractivity (Wildman–Crippen MR) is 143 cm³/mol. The summed E-state index contributed by atoms with van der Waals surface area (Å²) < 4.78 is 18.0. The highest BCUT2D eigenvalue weighted by Gasteiger charge is 2.09. The third kappa shape index (κ3) is 28.0. The first-order chi connectivity index (χ1) is 16.8. The van der Waals surface area contributed by atoms with Gasteiger partial charge in [0, 0.05) is 26.4 Å². The van der Waals surface area contributed by atoms with Crippen LogP contribution < -0.4 is 0 Å². The van der Waals surface area contributed by atoms with Crippen LogP contribution in [0.3, 0.4) is 0 Å². The Bertz CT molecular complexity index is 335. The Kier molecular flexibility index (Phi) is 30.6. The van der Waals surface area contributed by atoms with Crippen LogP contribution in [0.4, 0.5) is 0 Å². The average molecular weight is 489 g/mol. The van der Waals surface area contributed by atoms with Crippen LogP contribution in [0, 0.1) is 0 Å². The lowest BCUT2D eigenvalue weighted by Crippen LogP contribution is -2.19. The summed E-state index contributed by atoms with van der Waals surface area (Å²) in [5.41, 5.74) is 0. The lowest BCUT2D eigenvalue weighted by Gasteiger charge is -2.19. The number of ether oxygens (including phenoxy) is 3. The van der Waals surface area contributed by atoms with Crippen molar-refractivity contribution in [3.8, 4) is 0 Å². The van der Waals surface area contributed by atoms with Crippen LogP contribution in [0.1, 0.15) is 142 Å². The molecule has 0 aromatic rings. The van der Waals surface area contributed by atoms with Gasteiger partial charge in [-0.15, -0.1) is 0 Å². The van der Waals surface area contributed by atoms with E-state index in [0.717, 1.165) is 71.4 Å². The van der Waals surface area contributed by atoms with Crippen LogP contribution in [0.5, 0.6) is 0 Å². The monoisotopic (exact) mass is 488 g/mol. The van der Waals surface area contributed by atoms with Gasteiger partial charge in [0.2, 0.25) is 0 Å². The van der Waals surface area contributed by atoms with Gasteiger partial charge in [-0.05, 0) is 51.4 Å². The van der Waals surface area contributed by atoms with Gasteiger partial charge in [-0.1, -0.05) is 90.9 Å². The second-order valence-electron chi connectivity index (χ2n) is 9.57. The van der Waals surface area contributed by atoms with Gasteiger partial charge in [0.25, 0.3) is 0 Å². The van der Waals surface area contributed by atoms with Gasteiger partial charge in [-0.25, -0.2) is 9.78 Å². The molecule has 5 heteroatoms. The largest absolute Gasteiger partial charge is 0.381 e. The summed E-state index contributed by atoms with van der Waals surface area (Å²) in [4.78, 5) is 9.45. The number of rotatable bonds is 30. The van der Waals surface area contributed by atoms with Gasteiger partial charge in [0.05, 0.1) is 13.7 Å². The smallest absolute Gasteiger partial charge is 0.157 e. The third-order valence-corrected chi connectivity index (χ3v) is 6.22. The minimum Gasteiger partial charge on any atom is -0.381 e. The summed E-state index contributed by atoms with van der Waals surface area (Å²) in [7, 11) is 1.55. The van der Waals surface area contributed by atoms with E-state index in [9.17, 15) is 0 Å². The molecule has 0 spiro atoms. The quantitative estimate of drug-likeness (QED) is 0.0437. The molecule has 0 saturated heterocycles. The maximum atomic E-state index is 6.14. The molecule has 0 heterocycles. The van der Waals surface area contributed by atoms with E-state index in [1.165, 1.54) is 83.5 Å². The molecular formula is C29H60O5. The zero-order valence-electron chi connectivity index (χ0n) is 23.3. The molecule has 0 atom stereocenters. The van der Waals surface area contributed by atoms with E-state index in [1.807, 2.05) is 0 Å². The summed E-state index contributed by atoms with van der Waals surface area (Å²) in [5.74, 6) is 0. The molecule has 34 heavy (non-hydrogen) atoms. The van der Waals surface area contributed by atoms with Crippen molar-refractivity contribution in [2.24, 2.45) is 0 Å². The number of hydrogen-bond acceptors (Lipinski definition) is 5. The molecule has 0 unspecified atom stereocenters. The molecule has 0 aromatic heterocycles. The molecular weight excluding hydrogens is 428 g/mol. The van der Waals surface area contributed by atoms with Gasteiger partial charge in [0.1, 0.15) is 0 Å². The van der Waals surface area contributed by atoms with Gasteiger partial charge >= 0.3 is 0 Å². The number of unbranched alkanes of at least 4 members (excludes halogenated alkanes) is 15. The molecule has 5 nitrogen and oxygen atoms in total. The Hall–Kier alpha value is -0.200. The Balaban J connectivity index is 3.75. The molecule has 206 valence electrons. The van der Waals surface area contributed by atoms with Crippen molar-refractivity contribution in [3.05, 3.63) is 0 Å². The van der Waals surface area contributed by atoms with E-state index in [1.54, 1.807) is 7.11 Å². The standard InChI is InChI=1S/C29H60O5/c1-4-6-8-10-13-20-26-32-29(33-27-21-14-11-9-7-5-2)23-17-12-15-18-24-31-25-19-16-22-28-34-30-3/h29H,4-28H2,1-3H3. The minimum atomic E-state index is -0.00961. The second-order valence-corrected chi connectivity index (χ2v) is 9.57. The minimum absolute atomic E-state index is 0.00961. The normalized spacial score (nSPS) is 11.6. The SMILES string of the molecule is CCCCCCCCOC(CCCCCCOCCCCCOOC)OCCCCCCCC. The van der Waals surface area contributed by atoms with Gasteiger partial charge in [-0.2, -0.15) is 0 Å². The first kappa shape index (κ1) is 33.8. The van der Waals surface area contributed by atoms with Crippen molar-refractivity contribution in [2.45, 2.75) is 149 Å². The zero-order chi connectivity index (χ0) is 24.8. The summed E-state index contributed by atoms with van der Waals surface area (Å²) in [6.45, 7) is 8.63. The van der Waals surface area contributed by atoms with Gasteiger partial charge in [-0.3, -0.25) is 0 Å². The Morgan fingerprint density at radius 1 is 0.441 bits per heavy atom. The van der Waals surface area contributed by atoms with E-state index in [-0.39, 0.29) is 6.29 Å². The van der Waals surface area contributed by atoms with Crippen molar-refractivity contribution in [2.75, 3.05) is 40.1 Å². The summed E-state index contributed by atoms with van der Waals surface area (Å²) in [6.07, 6.45) is 24.7. The first-order valence-corrected chi connectivity index (χ1v) is 14.8. The molecule has 0 N–H and O–H groups in total. The molecule has 0 aromatic carbocycles. The summed E-state index contributed by atoms with van der Waals surface area (Å²) in [5, 5.41) is 0. The van der Waals surface area contributed by atoms with Gasteiger partial charge < -0.3 is 14.2 Å². The van der Waals surface area contributed by atoms with Crippen molar-refractivity contribution in [3.63, 3.8) is 0 Å². The molecule has 0 saturated carbocycles. The number of hydrogen-bond donors (Lipinski definition) is 0. The van der Waals surface area contributed by atoms with Crippen molar-refractivity contribution in [1.29, 1.82) is 0 Å². The van der Waals surface area contributed by atoms with Crippen LogP contribution >= 0.6 is 0 Å². The van der Waals surface area contributed by atoms with Gasteiger partial charge in [0.15, 0.2) is 6.29 Å². The van der Waals surface area contributed by atoms with Crippen molar-refractivity contribution in [1.82, 2.24) is 0 Å². The van der Waals surface area contributed by atoms with Crippen LogP contribution in [-0.4, -0.2) is 46.4 Å². The Morgan fingerprint density at radius 3 is 1.38 bits per heavy atom. The Morgan fingerprint density at radius 2 is 0.853 bits per heavy atom. The highest BCUT2D eigenvalue weighted by molar-refractivity contribution is 4.52. The molecule has 0 bridgehead atoms. The van der Waals surface area contributed by atoms with Crippen LogP contribution in [-0.2, 0) is 24.0 Å². The molecule has 0 aliphatic carbocycles. The fraction of sp³-hybridized carbons (Fsp3) is 1.00. The van der Waals surface area contributed by atoms with E-state index in [4.69, 9.17) is 19.1 Å². The maximum Gasteiger partial charge on any atom is 0.157 e. The van der Waals surface area contributed by atoms with Crippen LogP contribution in [0.15, 0.2) is 0 Å². The topological polar surface area (TPSA) is 46.2 Å². The fourth-order valence-corrected chi connectivity index (χ4v) is 4.01. The molecule has 0 radical (unpaired) electrons. The highest BCUT2D eigenvalue weighted by atomic mass is 17.2. The van der Waals surface area contributed by atoms with E-state index in [2.05, 4.69) is 18.7 Å². The predicted octanol–water partition coefficient (Wildman–Crippen LogP) is 8.78. The van der Waals surface area contributed by atoms with Crippen molar-refractivity contribution < 1.29 is 24.0 Å². The molecule has 0 amide bonds. The summed E-state index contributed by atoms with van der Waals surface area (Å²) in [6, 6.07) is 0. The summed E-state index contributed by atoms with van der Waals surface area (Å²) >= 11 is 0. The lowest BCUT2D eigenvalue weighted by molar-refractivity contribution is -0.272. The molecule has 0 rings (SSSR count). The van der Waals surface area contributed by atoms with Crippen LogP contribution in [0.25, 0.3) is 0 Å². The van der Waals surface area contributed by atoms with E-state index >= 15 is 0 Å². The van der Waals surface area contributed by atoms with Crippen molar-refractivity contribution >= 4 is 0 Å². The average Bonchev–Trinajstić information content (AvgIpc) is 2.85.